The minimum atomic E-state index is -0.920. The first kappa shape index (κ1) is 18.0. The molecule has 1 aromatic rings. The summed E-state index contributed by atoms with van der Waals surface area (Å²) in [5.74, 6) is -1.52. The van der Waals surface area contributed by atoms with E-state index in [1.165, 1.54) is 4.90 Å². The molecule has 0 saturated heterocycles. The van der Waals surface area contributed by atoms with Crippen LogP contribution in [0.5, 0.6) is 0 Å². The van der Waals surface area contributed by atoms with Gasteiger partial charge in [0.2, 0.25) is 0 Å². The van der Waals surface area contributed by atoms with Gasteiger partial charge in [0.25, 0.3) is 0 Å². The van der Waals surface area contributed by atoms with Gasteiger partial charge in [0.15, 0.2) is 0 Å². The van der Waals surface area contributed by atoms with E-state index < -0.39 is 11.9 Å². The number of hydrogen-bond acceptors (Lipinski definition) is 3. The maximum atomic E-state index is 12.0. The first-order valence-electron chi connectivity index (χ1n) is 7.34. The molecule has 2 atom stereocenters. The molecule has 6 heteroatoms. The van der Waals surface area contributed by atoms with Gasteiger partial charge in [0.05, 0.1) is 12.0 Å². The molecule has 0 heterocycles. The molecule has 1 aromatic carbocycles. The molecule has 0 aromatic heterocycles. The third-order valence-electron chi connectivity index (χ3n) is 3.29. The summed E-state index contributed by atoms with van der Waals surface area (Å²) in [6, 6.07) is 9.35. The minimum Gasteiger partial charge on any atom is -0.481 e. The molecule has 6 nitrogen and oxygen atoms in total. The predicted octanol–water partition coefficient (Wildman–Crippen LogP) is 2.13. The van der Waals surface area contributed by atoms with Crippen molar-refractivity contribution in [2.45, 2.75) is 20.0 Å². The number of benzene rings is 1. The number of ether oxygens (including phenoxy) is 1. The van der Waals surface area contributed by atoms with Gasteiger partial charge in [0, 0.05) is 26.7 Å². The lowest BCUT2D eigenvalue weighted by atomic mass is 10.1. The zero-order valence-electron chi connectivity index (χ0n) is 13.3. The molecule has 0 bridgehead atoms. The molecule has 2 N–H and O–H groups in total. The van der Waals surface area contributed by atoms with Crippen molar-refractivity contribution in [2.75, 3.05) is 26.7 Å². The summed E-state index contributed by atoms with van der Waals surface area (Å²) in [5.41, 5.74) is 0.992. The van der Waals surface area contributed by atoms with E-state index in [-0.39, 0.29) is 18.7 Å². The molecular formula is C16H24N2O4. The van der Waals surface area contributed by atoms with Crippen molar-refractivity contribution < 1.29 is 19.4 Å². The Morgan fingerprint density at radius 1 is 1.32 bits per heavy atom. The predicted molar refractivity (Wildman–Crippen MR) is 83.6 cm³/mol. The van der Waals surface area contributed by atoms with Gasteiger partial charge < -0.3 is 20.1 Å². The van der Waals surface area contributed by atoms with Crippen molar-refractivity contribution in [1.82, 2.24) is 10.2 Å². The molecule has 1 rings (SSSR count). The molecule has 2 unspecified atom stereocenters. The molecule has 2 amide bonds. The topological polar surface area (TPSA) is 78.9 Å². The number of amides is 2. The average molecular weight is 308 g/mol. The lowest BCUT2D eigenvalue weighted by Crippen LogP contribution is -2.42. The quantitative estimate of drug-likeness (QED) is 0.771. The molecule has 0 aliphatic heterocycles. The van der Waals surface area contributed by atoms with Gasteiger partial charge in [-0.05, 0) is 12.5 Å². The molecule has 0 radical (unpaired) electrons. The van der Waals surface area contributed by atoms with E-state index in [0.717, 1.165) is 5.56 Å². The Balaban J connectivity index is 2.54. The Labute approximate surface area is 131 Å². The van der Waals surface area contributed by atoms with E-state index in [2.05, 4.69) is 5.32 Å². The van der Waals surface area contributed by atoms with Crippen LogP contribution in [0.3, 0.4) is 0 Å². The van der Waals surface area contributed by atoms with Crippen LogP contribution in [0.1, 0.15) is 25.5 Å². The first-order valence-corrected chi connectivity index (χ1v) is 7.34. The van der Waals surface area contributed by atoms with E-state index in [4.69, 9.17) is 9.84 Å². The van der Waals surface area contributed by atoms with E-state index in [9.17, 15) is 9.59 Å². The van der Waals surface area contributed by atoms with Crippen molar-refractivity contribution in [3.8, 4) is 0 Å². The van der Waals surface area contributed by atoms with Gasteiger partial charge in [-0.2, -0.15) is 0 Å². The van der Waals surface area contributed by atoms with Gasteiger partial charge in [-0.3, -0.25) is 4.79 Å². The summed E-state index contributed by atoms with van der Waals surface area (Å²) in [4.78, 5) is 24.2. The third-order valence-corrected chi connectivity index (χ3v) is 3.29. The fourth-order valence-electron chi connectivity index (χ4n) is 2.03. The molecule has 0 aliphatic carbocycles. The molecule has 0 saturated carbocycles. The molecule has 0 aliphatic rings. The number of nitrogens with one attached hydrogen (secondary N) is 1. The van der Waals surface area contributed by atoms with Crippen LogP contribution in [0.25, 0.3) is 0 Å². The lowest BCUT2D eigenvalue weighted by Gasteiger charge is -2.23. The maximum Gasteiger partial charge on any atom is 0.317 e. The normalized spacial score (nSPS) is 13.2. The molecule has 0 spiro atoms. The number of carboxylic acid groups (broad SMARTS) is 1. The zero-order chi connectivity index (χ0) is 16.5. The lowest BCUT2D eigenvalue weighted by molar-refractivity contribution is -0.141. The molecule has 22 heavy (non-hydrogen) atoms. The SMILES string of the molecule is CCOC(CNC(=O)N(C)CC(C)C(=O)O)c1ccccc1. The Kier molecular flexibility index (Phi) is 7.39. The van der Waals surface area contributed by atoms with Crippen LogP contribution in [-0.4, -0.2) is 48.8 Å². The van der Waals surface area contributed by atoms with Crippen LogP contribution >= 0.6 is 0 Å². The van der Waals surface area contributed by atoms with Gasteiger partial charge >= 0.3 is 12.0 Å². The molecular weight excluding hydrogens is 284 g/mol. The second-order valence-corrected chi connectivity index (χ2v) is 5.16. The second-order valence-electron chi connectivity index (χ2n) is 5.16. The number of hydrogen-bond donors (Lipinski definition) is 2. The number of nitrogens with zero attached hydrogens (tertiary/aromatic N) is 1. The monoisotopic (exact) mass is 308 g/mol. The van der Waals surface area contributed by atoms with Crippen LogP contribution in [0, 0.1) is 5.92 Å². The number of carboxylic acids is 1. The van der Waals surface area contributed by atoms with Crippen molar-refractivity contribution in [3.63, 3.8) is 0 Å². The Bertz CT molecular complexity index is 478. The van der Waals surface area contributed by atoms with E-state index in [1.807, 2.05) is 37.3 Å². The van der Waals surface area contributed by atoms with E-state index >= 15 is 0 Å². The van der Waals surface area contributed by atoms with Gasteiger partial charge in [-0.1, -0.05) is 37.3 Å². The highest BCUT2D eigenvalue weighted by Crippen LogP contribution is 2.16. The Morgan fingerprint density at radius 3 is 2.50 bits per heavy atom. The zero-order valence-corrected chi connectivity index (χ0v) is 13.3. The van der Waals surface area contributed by atoms with Gasteiger partial charge in [0.1, 0.15) is 0 Å². The fraction of sp³-hybridized carbons (Fsp3) is 0.500. The van der Waals surface area contributed by atoms with E-state index in [1.54, 1.807) is 14.0 Å². The number of urea groups is 1. The summed E-state index contributed by atoms with van der Waals surface area (Å²) in [5, 5.41) is 11.7. The first-order chi connectivity index (χ1) is 10.5. The summed E-state index contributed by atoms with van der Waals surface area (Å²) in [6.07, 6.45) is -0.222. The van der Waals surface area contributed by atoms with Crippen LogP contribution in [0.2, 0.25) is 0 Å². The standard InChI is InChI=1S/C16H24N2O4/c1-4-22-14(13-8-6-5-7-9-13)10-17-16(21)18(3)11-12(2)15(19)20/h5-9,12,14H,4,10-11H2,1-3H3,(H,17,21)(H,19,20). The number of aliphatic carboxylic acids is 1. The van der Waals surface area contributed by atoms with Gasteiger partial charge in [-0.25, -0.2) is 4.79 Å². The van der Waals surface area contributed by atoms with Crippen LogP contribution < -0.4 is 5.32 Å². The Morgan fingerprint density at radius 2 is 1.95 bits per heavy atom. The fourth-order valence-corrected chi connectivity index (χ4v) is 2.03. The largest absolute Gasteiger partial charge is 0.481 e. The smallest absolute Gasteiger partial charge is 0.317 e. The van der Waals surface area contributed by atoms with Crippen LogP contribution in [0.4, 0.5) is 4.79 Å². The Hall–Kier alpha value is -2.08. The summed E-state index contributed by atoms with van der Waals surface area (Å²) < 4.78 is 5.65. The minimum absolute atomic E-state index is 0.159. The highest BCUT2D eigenvalue weighted by atomic mass is 16.5. The van der Waals surface area contributed by atoms with Gasteiger partial charge in [-0.15, -0.1) is 0 Å². The maximum absolute atomic E-state index is 12.0. The van der Waals surface area contributed by atoms with Crippen molar-refractivity contribution >= 4 is 12.0 Å². The van der Waals surface area contributed by atoms with Crippen molar-refractivity contribution in [1.29, 1.82) is 0 Å². The van der Waals surface area contributed by atoms with E-state index in [0.29, 0.717) is 13.2 Å². The molecule has 122 valence electrons. The van der Waals surface area contributed by atoms with Crippen molar-refractivity contribution in [3.05, 3.63) is 35.9 Å². The van der Waals surface area contributed by atoms with Crippen molar-refractivity contribution in [2.24, 2.45) is 5.92 Å². The third kappa shape index (κ3) is 5.73. The summed E-state index contributed by atoms with van der Waals surface area (Å²) in [7, 11) is 1.58. The summed E-state index contributed by atoms with van der Waals surface area (Å²) >= 11 is 0. The van der Waals surface area contributed by atoms with Crippen LogP contribution in [0.15, 0.2) is 30.3 Å². The highest BCUT2D eigenvalue weighted by Gasteiger charge is 2.18. The number of carbonyl (C=O) groups excluding carboxylic acids is 1. The molecule has 0 fully saturated rings. The number of rotatable bonds is 8. The second kappa shape index (κ2) is 9.04. The summed E-state index contributed by atoms with van der Waals surface area (Å²) in [6.45, 7) is 4.51. The average Bonchev–Trinajstić information content (AvgIpc) is 2.51. The van der Waals surface area contributed by atoms with Crippen LogP contribution in [-0.2, 0) is 9.53 Å². The highest BCUT2D eigenvalue weighted by molar-refractivity contribution is 5.75. The number of carbonyl (C=O) groups is 2.